The molecule has 172 valence electrons. The third kappa shape index (κ3) is 5.30. The van der Waals surface area contributed by atoms with Gasteiger partial charge in [-0.2, -0.15) is 0 Å². The first kappa shape index (κ1) is 22.6. The average Bonchev–Trinajstić information content (AvgIpc) is 2.89. The molecule has 4 nitrogen and oxygen atoms in total. The lowest BCUT2D eigenvalue weighted by Crippen LogP contribution is -2.32. The van der Waals surface area contributed by atoms with Crippen molar-refractivity contribution in [2.75, 3.05) is 13.1 Å². The minimum absolute atomic E-state index is 0.0734. The molecule has 1 N–H and O–H groups in total. The predicted molar refractivity (Wildman–Crippen MR) is 138 cm³/mol. The minimum Gasteiger partial charge on any atom is -0.348 e. The van der Waals surface area contributed by atoms with Crippen LogP contribution in [0.2, 0.25) is 5.02 Å². The van der Waals surface area contributed by atoms with E-state index in [-0.39, 0.29) is 5.91 Å². The molecule has 0 radical (unpaired) electrons. The van der Waals surface area contributed by atoms with E-state index < -0.39 is 0 Å². The number of likely N-dealkylation sites (tertiary alicyclic amines) is 1. The summed E-state index contributed by atoms with van der Waals surface area (Å²) in [6, 6.07) is 26.4. The van der Waals surface area contributed by atoms with Crippen LogP contribution in [-0.4, -0.2) is 28.9 Å². The van der Waals surface area contributed by atoms with Crippen LogP contribution in [0.5, 0.6) is 0 Å². The largest absolute Gasteiger partial charge is 0.348 e. The number of para-hydroxylation sites is 1. The first-order valence-corrected chi connectivity index (χ1v) is 12.2. The number of carbonyl (C=O) groups excluding carboxylic acids is 1. The third-order valence-electron chi connectivity index (χ3n) is 6.70. The molecule has 3 aromatic carbocycles. The molecular formula is C29H28ClN3O. The third-order valence-corrected chi connectivity index (χ3v) is 6.96. The lowest BCUT2D eigenvalue weighted by molar-refractivity contribution is 0.0952. The van der Waals surface area contributed by atoms with E-state index in [0.717, 1.165) is 41.1 Å². The van der Waals surface area contributed by atoms with Crippen LogP contribution in [0.15, 0.2) is 85.1 Å². The number of piperidine rings is 1. The number of halogens is 1. The number of nitrogens with one attached hydrogen (secondary N) is 1. The Morgan fingerprint density at radius 3 is 2.38 bits per heavy atom. The second-order valence-electron chi connectivity index (χ2n) is 8.98. The van der Waals surface area contributed by atoms with Crippen LogP contribution in [0.1, 0.15) is 45.8 Å². The number of nitrogens with zero attached hydrogens (tertiary/aromatic N) is 2. The van der Waals surface area contributed by atoms with E-state index in [4.69, 9.17) is 11.6 Å². The Kier molecular flexibility index (Phi) is 6.89. The Labute approximate surface area is 205 Å². The van der Waals surface area contributed by atoms with Gasteiger partial charge in [0.1, 0.15) is 0 Å². The number of carbonyl (C=O) groups is 1. The van der Waals surface area contributed by atoms with Gasteiger partial charge in [-0.25, -0.2) is 0 Å². The Balaban J connectivity index is 1.14. The van der Waals surface area contributed by atoms with Gasteiger partial charge >= 0.3 is 0 Å². The van der Waals surface area contributed by atoms with Crippen LogP contribution < -0.4 is 5.32 Å². The van der Waals surface area contributed by atoms with Crippen molar-refractivity contribution in [3.8, 4) is 0 Å². The molecule has 0 bridgehead atoms. The van der Waals surface area contributed by atoms with Crippen molar-refractivity contribution >= 4 is 28.4 Å². The van der Waals surface area contributed by atoms with Crippen molar-refractivity contribution in [3.05, 3.63) is 112 Å². The molecule has 4 aromatic rings. The number of fused-ring (bicyclic) bond motifs is 1. The van der Waals surface area contributed by atoms with Gasteiger partial charge in [-0.15, -0.1) is 0 Å². The maximum atomic E-state index is 12.8. The SMILES string of the molecule is O=C(NCc1ccc(C2CCN(Cc3ccc(Cl)cc3)CC2)cc1)c1ccnc2ccccc12. The lowest BCUT2D eigenvalue weighted by Gasteiger charge is -2.32. The zero-order valence-electron chi connectivity index (χ0n) is 19.1. The molecule has 0 aliphatic carbocycles. The quantitative estimate of drug-likeness (QED) is 0.365. The van der Waals surface area contributed by atoms with Crippen molar-refractivity contribution in [2.45, 2.75) is 31.8 Å². The number of amides is 1. The van der Waals surface area contributed by atoms with Gasteiger partial charge in [0.2, 0.25) is 0 Å². The number of hydrogen-bond donors (Lipinski definition) is 1. The maximum Gasteiger partial charge on any atom is 0.252 e. The number of hydrogen-bond acceptors (Lipinski definition) is 3. The predicted octanol–water partition coefficient (Wildman–Crippen LogP) is 6.20. The normalized spacial score (nSPS) is 14.9. The van der Waals surface area contributed by atoms with Crippen LogP contribution in [0.3, 0.4) is 0 Å². The molecule has 0 spiro atoms. The van der Waals surface area contributed by atoms with Gasteiger partial charge in [0.05, 0.1) is 11.1 Å². The van der Waals surface area contributed by atoms with Gasteiger partial charge in [0.25, 0.3) is 5.91 Å². The average molecular weight is 470 g/mol. The van der Waals surface area contributed by atoms with Crippen LogP contribution in [0.25, 0.3) is 10.9 Å². The maximum absolute atomic E-state index is 12.8. The number of benzene rings is 3. The highest BCUT2D eigenvalue weighted by molar-refractivity contribution is 6.30. The summed E-state index contributed by atoms with van der Waals surface area (Å²) in [6.07, 6.45) is 4.02. The Morgan fingerprint density at radius 1 is 0.912 bits per heavy atom. The fourth-order valence-electron chi connectivity index (χ4n) is 4.75. The number of rotatable bonds is 6. The van der Waals surface area contributed by atoms with Crippen LogP contribution >= 0.6 is 11.6 Å². The molecule has 1 saturated heterocycles. The molecule has 0 saturated carbocycles. The van der Waals surface area contributed by atoms with Gasteiger partial charge < -0.3 is 5.32 Å². The standard InChI is InChI=1S/C29H28ClN3O/c30-25-11-7-22(8-12-25)20-33-17-14-24(15-18-33)23-9-5-21(6-10-23)19-32-29(34)27-13-16-31-28-4-2-1-3-26(27)28/h1-13,16,24H,14-15,17-20H2,(H,32,34). The summed E-state index contributed by atoms with van der Waals surface area (Å²) in [4.78, 5) is 19.6. The fraction of sp³-hybridized carbons (Fsp3) is 0.241. The second-order valence-corrected chi connectivity index (χ2v) is 9.41. The molecule has 1 aromatic heterocycles. The van der Waals surface area contributed by atoms with E-state index in [1.807, 2.05) is 36.4 Å². The van der Waals surface area contributed by atoms with E-state index >= 15 is 0 Å². The van der Waals surface area contributed by atoms with Gasteiger partial charge in [-0.05, 0) is 72.8 Å². The molecule has 1 amide bonds. The molecule has 5 rings (SSSR count). The molecule has 1 aliphatic heterocycles. The molecule has 0 atom stereocenters. The summed E-state index contributed by atoms with van der Waals surface area (Å²) in [5.41, 5.74) is 5.30. The topological polar surface area (TPSA) is 45.2 Å². The summed E-state index contributed by atoms with van der Waals surface area (Å²) in [6.45, 7) is 3.70. The molecule has 1 aliphatic rings. The summed E-state index contributed by atoms with van der Waals surface area (Å²) < 4.78 is 0. The zero-order chi connectivity index (χ0) is 23.3. The van der Waals surface area contributed by atoms with Gasteiger partial charge in [-0.3, -0.25) is 14.7 Å². The number of aromatic nitrogens is 1. The van der Waals surface area contributed by atoms with Crippen molar-refractivity contribution in [2.24, 2.45) is 0 Å². The Hall–Kier alpha value is -3.21. The van der Waals surface area contributed by atoms with Gasteiger partial charge in [0, 0.05) is 29.7 Å². The molecule has 1 fully saturated rings. The zero-order valence-corrected chi connectivity index (χ0v) is 19.8. The molecule has 0 unspecified atom stereocenters. The van der Waals surface area contributed by atoms with Crippen molar-refractivity contribution in [1.29, 1.82) is 0 Å². The summed E-state index contributed by atoms with van der Waals surface area (Å²) in [5, 5.41) is 4.72. The Morgan fingerprint density at radius 2 is 1.62 bits per heavy atom. The summed E-state index contributed by atoms with van der Waals surface area (Å²) in [5.74, 6) is 0.518. The fourth-order valence-corrected chi connectivity index (χ4v) is 4.88. The van der Waals surface area contributed by atoms with E-state index in [0.29, 0.717) is 18.0 Å². The van der Waals surface area contributed by atoms with Crippen molar-refractivity contribution in [1.82, 2.24) is 15.2 Å². The smallest absolute Gasteiger partial charge is 0.252 e. The number of pyridine rings is 1. The van der Waals surface area contributed by atoms with E-state index in [9.17, 15) is 4.79 Å². The monoisotopic (exact) mass is 469 g/mol. The molecular weight excluding hydrogens is 442 g/mol. The second kappa shape index (κ2) is 10.4. The van der Waals surface area contributed by atoms with Crippen LogP contribution in [0, 0.1) is 0 Å². The van der Waals surface area contributed by atoms with Gasteiger partial charge in [0.15, 0.2) is 0 Å². The lowest BCUT2D eigenvalue weighted by atomic mass is 9.89. The molecule has 2 heterocycles. The van der Waals surface area contributed by atoms with Crippen molar-refractivity contribution < 1.29 is 4.79 Å². The first-order valence-electron chi connectivity index (χ1n) is 11.8. The first-order chi connectivity index (χ1) is 16.7. The van der Waals surface area contributed by atoms with E-state index in [1.165, 1.54) is 24.0 Å². The molecule has 5 heteroatoms. The highest BCUT2D eigenvalue weighted by atomic mass is 35.5. The van der Waals surface area contributed by atoms with Crippen molar-refractivity contribution in [3.63, 3.8) is 0 Å². The van der Waals surface area contributed by atoms with Crippen LogP contribution in [-0.2, 0) is 13.1 Å². The van der Waals surface area contributed by atoms with Crippen LogP contribution in [0.4, 0.5) is 0 Å². The minimum atomic E-state index is -0.0734. The highest BCUT2D eigenvalue weighted by Gasteiger charge is 2.20. The summed E-state index contributed by atoms with van der Waals surface area (Å²) in [7, 11) is 0. The van der Waals surface area contributed by atoms with Gasteiger partial charge in [-0.1, -0.05) is 66.2 Å². The highest BCUT2D eigenvalue weighted by Crippen LogP contribution is 2.29. The van der Waals surface area contributed by atoms with E-state index in [2.05, 4.69) is 51.6 Å². The Bertz CT molecular complexity index is 1260. The van der Waals surface area contributed by atoms with E-state index in [1.54, 1.807) is 12.3 Å². The molecule has 34 heavy (non-hydrogen) atoms. The summed E-state index contributed by atoms with van der Waals surface area (Å²) >= 11 is 6.00.